The topological polar surface area (TPSA) is 26.0 Å². The average molecular weight is 224 g/mol. The Morgan fingerprint density at radius 2 is 2.00 bits per heavy atom. The van der Waals surface area contributed by atoms with E-state index in [-0.39, 0.29) is 11.6 Å². The van der Waals surface area contributed by atoms with Crippen LogP contribution in [0.3, 0.4) is 0 Å². The van der Waals surface area contributed by atoms with Gasteiger partial charge in [-0.05, 0) is 18.7 Å². The minimum atomic E-state index is -3.26. The molecule has 0 heterocycles. The Morgan fingerprint density at radius 3 is 2.57 bits per heavy atom. The highest BCUT2D eigenvalue weighted by molar-refractivity contribution is 6.30. The molecule has 0 aliphatic rings. The molecule has 0 bridgehead atoms. The Labute approximate surface area is 84.7 Å². The second-order valence-electron chi connectivity index (χ2n) is 2.84. The van der Waals surface area contributed by atoms with Gasteiger partial charge in [0.2, 0.25) is 0 Å². The Morgan fingerprint density at radius 1 is 1.36 bits per heavy atom. The Balaban J connectivity index is 3.12. The fourth-order valence-electron chi connectivity index (χ4n) is 1.10. The zero-order chi connectivity index (χ0) is 10.8. The summed E-state index contributed by atoms with van der Waals surface area (Å²) in [6.45, 7) is -0.209. The van der Waals surface area contributed by atoms with E-state index < -0.39 is 23.7 Å². The van der Waals surface area contributed by atoms with Crippen LogP contribution in [0.4, 0.5) is 13.2 Å². The maximum absolute atomic E-state index is 13.2. The third-order valence-electron chi connectivity index (χ3n) is 1.80. The third-order valence-corrected chi connectivity index (χ3v) is 2.10. The van der Waals surface area contributed by atoms with Gasteiger partial charge in [-0.1, -0.05) is 17.7 Å². The van der Waals surface area contributed by atoms with Gasteiger partial charge in [0.05, 0.1) is 10.6 Å². The molecule has 0 fully saturated rings. The first kappa shape index (κ1) is 11.3. The number of nitrogens with two attached hydrogens (primary N) is 1. The molecule has 0 unspecified atom stereocenters. The van der Waals surface area contributed by atoms with Crippen LogP contribution in [0, 0.1) is 5.82 Å². The number of rotatable bonds is 3. The molecule has 0 amide bonds. The molecule has 2 N–H and O–H groups in total. The summed E-state index contributed by atoms with van der Waals surface area (Å²) >= 11 is 5.38. The first-order valence-corrected chi connectivity index (χ1v) is 4.39. The van der Waals surface area contributed by atoms with Gasteiger partial charge in [0.15, 0.2) is 5.82 Å². The van der Waals surface area contributed by atoms with Crippen LogP contribution in [-0.4, -0.2) is 6.54 Å². The lowest BCUT2D eigenvalue weighted by Gasteiger charge is -2.16. The van der Waals surface area contributed by atoms with E-state index in [2.05, 4.69) is 0 Å². The summed E-state index contributed by atoms with van der Waals surface area (Å²) in [5.74, 6) is -4.34. The van der Waals surface area contributed by atoms with Crippen molar-refractivity contribution >= 4 is 11.6 Å². The summed E-state index contributed by atoms with van der Waals surface area (Å²) in [4.78, 5) is 0. The van der Waals surface area contributed by atoms with Crippen molar-refractivity contribution in [2.24, 2.45) is 5.73 Å². The molecular formula is C9H9ClF3N. The molecule has 0 saturated carbocycles. The van der Waals surface area contributed by atoms with E-state index in [1.807, 2.05) is 0 Å². The average Bonchev–Trinajstić information content (AvgIpc) is 2.09. The van der Waals surface area contributed by atoms with Crippen molar-refractivity contribution in [2.75, 3.05) is 6.54 Å². The minimum Gasteiger partial charge on any atom is -0.330 e. The van der Waals surface area contributed by atoms with Crippen molar-refractivity contribution < 1.29 is 13.2 Å². The van der Waals surface area contributed by atoms with E-state index in [0.717, 1.165) is 6.07 Å². The van der Waals surface area contributed by atoms with Crippen LogP contribution in [0.5, 0.6) is 0 Å². The van der Waals surface area contributed by atoms with E-state index in [1.54, 1.807) is 0 Å². The largest absolute Gasteiger partial charge is 0.330 e. The molecule has 0 spiro atoms. The van der Waals surface area contributed by atoms with Crippen LogP contribution in [0.15, 0.2) is 18.2 Å². The van der Waals surface area contributed by atoms with Gasteiger partial charge in [0.1, 0.15) is 0 Å². The maximum Gasteiger partial charge on any atom is 0.277 e. The van der Waals surface area contributed by atoms with Crippen molar-refractivity contribution in [3.8, 4) is 0 Å². The van der Waals surface area contributed by atoms with Crippen LogP contribution in [0.25, 0.3) is 0 Å². The van der Waals surface area contributed by atoms with Gasteiger partial charge < -0.3 is 5.73 Å². The van der Waals surface area contributed by atoms with E-state index in [1.165, 1.54) is 12.1 Å². The van der Waals surface area contributed by atoms with Crippen molar-refractivity contribution in [3.63, 3.8) is 0 Å². The van der Waals surface area contributed by atoms with Gasteiger partial charge in [0.25, 0.3) is 5.92 Å². The number of hydrogen-bond acceptors (Lipinski definition) is 1. The normalized spacial score (nSPS) is 11.8. The maximum atomic E-state index is 13.2. The smallest absolute Gasteiger partial charge is 0.277 e. The zero-order valence-corrected chi connectivity index (χ0v) is 7.99. The first-order valence-electron chi connectivity index (χ1n) is 4.01. The van der Waals surface area contributed by atoms with Gasteiger partial charge in [-0.25, -0.2) is 13.2 Å². The van der Waals surface area contributed by atoms with Gasteiger partial charge in [-0.2, -0.15) is 0 Å². The lowest BCUT2D eigenvalue weighted by atomic mass is 10.1. The summed E-state index contributed by atoms with van der Waals surface area (Å²) in [5.41, 5.74) is 4.31. The zero-order valence-electron chi connectivity index (χ0n) is 7.24. The highest BCUT2D eigenvalue weighted by atomic mass is 35.5. The summed E-state index contributed by atoms with van der Waals surface area (Å²) in [6, 6.07) is 3.51. The highest BCUT2D eigenvalue weighted by Crippen LogP contribution is 2.34. The first-order chi connectivity index (χ1) is 6.49. The molecule has 0 aliphatic heterocycles. The van der Waals surface area contributed by atoms with Crippen molar-refractivity contribution in [3.05, 3.63) is 34.6 Å². The molecular weight excluding hydrogens is 215 g/mol. The van der Waals surface area contributed by atoms with Crippen LogP contribution >= 0.6 is 11.6 Å². The molecule has 78 valence electrons. The Bertz CT molecular complexity index is 328. The predicted octanol–water partition coefficient (Wildman–Crippen LogP) is 2.92. The van der Waals surface area contributed by atoms with Crippen LogP contribution in [0.1, 0.15) is 12.0 Å². The molecule has 1 aromatic carbocycles. The lowest BCUT2D eigenvalue weighted by Crippen LogP contribution is -2.20. The standard InChI is InChI=1S/C9H9ClF3N/c10-7-3-1-2-6(8(7)11)9(12,13)4-5-14/h1-3H,4-5,14H2. The molecule has 0 saturated heterocycles. The number of halogens is 4. The molecule has 1 nitrogen and oxygen atoms in total. The quantitative estimate of drug-likeness (QED) is 0.838. The van der Waals surface area contributed by atoms with Crippen molar-refractivity contribution in [1.82, 2.24) is 0 Å². The molecule has 1 aromatic rings. The van der Waals surface area contributed by atoms with Gasteiger partial charge in [-0.3, -0.25) is 0 Å². The van der Waals surface area contributed by atoms with E-state index in [9.17, 15) is 13.2 Å². The fraction of sp³-hybridized carbons (Fsp3) is 0.333. The van der Waals surface area contributed by atoms with Crippen LogP contribution < -0.4 is 5.73 Å². The molecule has 0 aliphatic carbocycles. The van der Waals surface area contributed by atoms with Gasteiger partial charge >= 0.3 is 0 Å². The second kappa shape index (κ2) is 4.19. The van der Waals surface area contributed by atoms with Gasteiger partial charge in [-0.15, -0.1) is 0 Å². The summed E-state index contributed by atoms with van der Waals surface area (Å²) in [7, 11) is 0. The summed E-state index contributed by atoms with van der Waals surface area (Å²) in [5, 5.41) is -0.306. The van der Waals surface area contributed by atoms with Crippen molar-refractivity contribution in [1.29, 1.82) is 0 Å². The van der Waals surface area contributed by atoms with Gasteiger partial charge in [0, 0.05) is 6.42 Å². The van der Waals surface area contributed by atoms with E-state index in [0.29, 0.717) is 0 Å². The molecule has 14 heavy (non-hydrogen) atoms. The number of benzene rings is 1. The fourth-order valence-corrected chi connectivity index (χ4v) is 1.28. The Kier molecular flexibility index (Phi) is 3.39. The van der Waals surface area contributed by atoms with E-state index >= 15 is 0 Å². The lowest BCUT2D eigenvalue weighted by molar-refractivity contribution is -0.0140. The SMILES string of the molecule is NCCC(F)(F)c1cccc(Cl)c1F. The monoisotopic (exact) mass is 223 g/mol. The molecule has 5 heteroatoms. The third kappa shape index (κ3) is 2.19. The van der Waals surface area contributed by atoms with E-state index in [4.69, 9.17) is 17.3 Å². The minimum absolute atomic E-state index is 0.209. The van der Waals surface area contributed by atoms with Crippen LogP contribution in [-0.2, 0) is 5.92 Å². The highest BCUT2D eigenvalue weighted by Gasteiger charge is 2.34. The van der Waals surface area contributed by atoms with Crippen LogP contribution in [0.2, 0.25) is 5.02 Å². The predicted molar refractivity (Wildman–Crippen MR) is 49.0 cm³/mol. The molecule has 1 rings (SSSR count). The number of alkyl halides is 2. The summed E-state index contributed by atoms with van der Waals surface area (Å²) < 4.78 is 39.6. The van der Waals surface area contributed by atoms with Crippen molar-refractivity contribution in [2.45, 2.75) is 12.3 Å². The second-order valence-corrected chi connectivity index (χ2v) is 3.25. The molecule has 0 radical (unpaired) electrons. The molecule has 0 atom stereocenters. The number of hydrogen-bond donors (Lipinski definition) is 1. The summed E-state index contributed by atoms with van der Waals surface area (Å²) in [6.07, 6.45) is -0.593. The Hall–Kier alpha value is -0.740. The molecule has 0 aromatic heterocycles.